The fourth-order valence-corrected chi connectivity index (χ4v) is 1.55. The molecule has 0 heterocycles. The predicted molar refractivity (Wildman–Crippen MR) is 57.3 cm³/mol. The van der Waals surface area contributed by atoms with Crippen LogP contribution in [0.5, 0.6) is 0 Å². The number of rotatable bonds is 3. The Morgan fingerprint density at radius 3 is 1.82 bits per heavy atom. The number of hydrogen-bond acceptors (Lipinski definition) is 4. The van der Waals surface area contributed by atoms with Gasteiger partial charge in [0.1, 0.15) is 0 Å². The van der Waals surface area contributed by atoms with Crippen molar-refractivity contribution in [3.8, 4) is 0 Å². The van der Waals surface area contributed by atoms with Crippen LogP contribution in [0.25, 0.3) is 0 Å². The second-order valence-corrected chi connectivity index (χ2v) is 4.21. The molecule has 0 aromatic heterocycles. The summed E-state index contributed by atoms with van der Waals surface area (Å²) in [5.74, 6) is -3.10. The summed E-state index contributed by atoms with van der Waals surface area (Å²) in [6, 6.07) is 2.20. The van der Waals surface area contributed by atoms with Crippen LogP contribution in [-0.4, -0.2) is 64.7 Å². The van der Waals surface area contributed by atoms with Gasteiger partial charge in [-0.15, -0.1) is 0 Å². The third-order valence-corrected chi connectivity index (χ3v) is 2.60. The van der Waals surface area contributed by atoms with E-state index in [9.17, 15) is 18.0 Å². The number of carbonyl (C=O) groups is 2. The van der Waals surface area contributed by atoms with Gasteiger partial charge in [-0.05, 0) is 18.2 Å². The molecule has 3 N–H and O–H groups in total. The molecular weight excluding hydrogens is 263 g/mol. The first-order valence-electron chi connectivity index (χ1n) is 3.81. The number of aromatic carboxylic acids is 2. The SMILES string of the molecule is O=C(O)c1ccc(S(=O)(=O)O)cc1C(=O)O.[NaH]. The van der Waals surface area contributed by atoms with E-state index in [4.69, 9.17) is 14.8 Å². The second kappa shape index (κ2) is 5.61. The van der Waals surface area contributed by atoms with Crippen molar-refractivity contribution in [3.63, 3.8) is 0 Å². The zero-order chi connectivity index (χ0) is 12.5. The van der Waals surface area contributed by atoms with Gasteiger partial charge in [-0.1, -0.05) is 0 Å². The van der Waals surface area contributed by atoms with Crippen molar-refractivity contribution in [2.24, 2.45) is 0 Å². The van der Waals surface area contributed by atoms with Gasteiger partial charge in [-0.3, -0.25) is 4.55 Å². The van der Waals surface area contributed by atoms with Crippen molar-refractivity contribution >= 4 is 51.6 Å². The first-order valence-corrected chi connectivity index (χ1v) is 5.25. The summed E-state index contributed by atoms with van der Waals surface area (Å²) in [5, 5.41) is 17.3. The maximum absolute atomic E-state index is 10.7. The van der Waals surface area contributed by atoms with Crippen LogP contribution in [0.3, 0.4) is 0 Å². The van der Waals surface area contributed by atoms with Gasteiger partial charge in [0.05, 0.1) is 16.0 Å². The Morgan fingerprint density at radius 2 is 1.47 bits per heavy atom. The minimum absolute atomic E-state index is 0. The van der Waals surface area contributed by atoms with Crippen LogP contribution >= 0.6 is 0 Å². The van der Waals surface area contributed by atoms with E-state index in [-0.39, 0.29) is 29.6 Å². The van der Waals surface area contributed by atoms with E-state index in [0.717, 1.165) is 12.1 Å². The molecule has 0 saturated heterocycles. The van der Waals surface area contributed by atoms with Gasteiger partial charge in [-0.25, -0.2) is 9.59 Å². The van der Waals surface area contributed by atoms with Gasteiger partial charge >= 0.3 is 41.5 Å². The number of benzene rings is 1. The second-order valence-electron chi connectivity index (χ2n) is 2.79. The van der Waals surface area contributed by atoms with Gasteiger partial charge in [0.2, 0.25) is 0 Å². The van der Waals surface area contributed by atoms with E-state index in [0.29, 0.717) is 6.07 Å². The fraction of sp³-hybridized carbons (Fsp3) is 0. The van der Waals surface area contributed by atoms with Gasteiger partial charge in [0.25, 0.3) is 10.1 Å². The van der Waals surface area contributed by atoms with Crippen LogP contribution in [0, 0.1) is 0 Å². The van der Waals surface area contributed by atoms with E-state index in [2.05, 4.69) is 0 Å². The number of hydrogen-bond donors (Lipinski definition) is 3. The van der Waals surface area contributed by atoms with Crippen LogP contribution in [-0.2, 0) is 10.1 Å². The molecule has 0 unspecified atom stereocenters. The molecule has 0 fully saturated rings. The van der Waals surface area contributed by atoms with E-state index >= 15 is 0 Å². The first kappa shape index (κ1) is 16.1. The maximum atomic E-state index is 10.7. The third-order valence-electron chi connectivity index (χ3n) is 1.75. The molecular formula is C8H7NaO7S. The van der Waals surface area contributed by atoms with Crippen LogP contribution in [0.4, 0.5) is 0 Å². The summed E-state index contributed by atoms with van der Waals surface area (Å²) in [6.45, 7) is 0. The zero-order valence-electron chi connectivity index (χ0n) is 7.61. The molecule has 1 rings (SSSR count). The van der Waals surface area contributed by atoms with E-state index in [1.165, 1.54) is 0 Å². The van der Waals surface area contributed by atoms with Crippen molar-refractivity contribution in [1.29, 1.82) is 0 Å². The van der Waals surface area contributed by atoms with Gasteiger partial charge in [0, 0.05) is 0 Å². The zero-order valence-corrected chi connectivity index (χ0v) is 8.43. The average Bonchev–Trinajstić information content (AvgIpc) is 2.15. The quantitative estimate of drug-likeness (QED) is 0.507. The first-order chi connectivity index (χ1) is 7.23. The Labute approximate surface area is 118 Å². The molecule has 0 atom stereocenters. The van der Waals surface area contributed by atoms with E-state index in [1.807, 2.05) is 0 Å². The Kier molecular flexibility index (Phi) is 5.30. The Morgan fingerprint density at radius 1 is 1.00 bits per heavy atom. The molecule has 7 nitrogen and oxygen atoms in total. The van der Waals surface area contributed by atoms with Gasteiger partial charge < -0.3 is 10.2 Å². The van der Waals surface area contributed by atoms with Crippen LogP contribution in [0.15, 0.2) is 23.1 Å². The molecule has 0 aliphatic carbocycles. The third kappa shape index (κ3) is 3.79. The Bertz CT molecular complexity index is 563. The van der Waals surface area contributed by atoms with Gasteiger partial charge in [0.15, 0.2) is 0 Å². The summed E-state index contributed by atoms with van der Waals surface area (Å²) in [5.41, 5.74) is -1.26. The van der Waals surface area contributed by atoms with E-state index in [1.54, 1.807) is 0 Å². The predicted octanol–water partition coefficient (Wildman–Crippen LogP) is -0.319. The normalized spacial score (nSPS) is 10.4. The van der Waals surface area contributed by atoms with Crippen molar-refractivity contribution in [1.82, 2.24) is 0 Å². The molecule has 1 aromatic rings. The summed E-state index contributed by atoms with van der Waals surface area (Å²) in [6.07, 6.45) is 0. The van der Waals surface area contributed by atoms with Crippen LogP contribution in [0.2, 0.25) is 0 Å². The molecule has 0 spiro atoms. The van der Waals surface area contributed by atoms with Crippen LogP contribution in [0.1, 0.15) is 20.7 Å². The molecule has 0 saturated carbocycles. The monoisotopic (exact) mass is 270 g/mol. The standard InChI is InChI=1S/C8H6O7S.Na.H/c9-7(10)5-2-1-4(16(13,14)15)3-6(5)8(11)12;;/h1-3H,(H,9,10)(H,11,12)(H,13,14,15);;. The topological polar surface area (TPSA) is 129 Å². The molecule has 0 aliphatic rings. The summed E-state index contributed by atoms with van der Waals surface area (Å²) >= 11 is 0. The van der Waals surface area contributed by atoms with Crippen LogP contribution < -0.4 is 0 Å². The summed E-state index contributed by atoms with van der Waals surface area (Å²) in [4.78, 5) is 20.6. The molecule has 9 heteroatoms. The van der Waals surface area contributed by atoms with Crippen molar-refractivity contribution in [3.05, 3.63) is 29.3 Å². The summed E-state index contributed by atoms with van der Waals surface area (Å²) < 4.78 is 30.1. The summed E-state index contributed by atoms with van der Waals surface area (Å²) in [7, 11) is -4.56. The van der Waals surface area contributed by atoms with Crippen molar-refractivity contribution in [2.45, 2.75) is 4.90 Å². The van der Waals surface area contributed by atoms with Crippen molar-refractivity contribution < 1.29 is 32.8 Å². The Balaban J connectivity index is 0.00000256. The molecule has 0 aliphatic heterocycles. The van der Waals surface area contributed by atoms with Gasteiger partial charge in [-0.2, -0.15) is 8.42 Å². The fourth-order valence-electron chi connectivity index (χ4n) is 1.05. The Hall–Kier alpha value is -0.930. The number of carboxylic acid groups (broad SMARTS) is 2. The molecule has 17 heavy (non-hydrogen) atoms. The minimum atomic E-state index is -4.56. The van der Waals surface area contributed by atoms with E-state index < -0.39 is 38.1 Å². The molecule has 1 aromatic carbocycles. The van der Waals surface area contributed by atoms with Crippen molar-refractivity contribution in [2.75, 3.05) is 0 Å². The molecule has 88 valence electrons. The molecule has 0 bridgehead atoms. The number of carboxylic acids is 2. The average molecular weight is 270 g/mol. The molecule has 0 amide bonds. The molecule has 0 radical (unpaired) electrons.